The number of aromatic nitrogens is 4. The Kier molecular flexibility index (Phi) is 6.87. The largest absolute Gasteiger partial charge is 0.496 e. The molecule has 3 aliphatic rings. The van der Waals surface area contributed by atoms with Gasteiger partial charge in [0.15, 0.2) is 0 Å². The lowest BCUT2D eigenvalue weighted by molar-refractivity contribution is 0.0685. The molecule has 3 fully saturated rings. The summed E-state index contributed by atoms with van der Waals surface area (Å²) in [5, 5.41) is 5.03. The number of hydrogen-bond acceptors (Lipinski definition) is 5. The lowest BCUT2D eigenvalue weighted by Crippen LogP contribution is -2.51. The van der Waals surface area contributed by atoms with E-state index in [2.05, 4.69) is 56.0 Å². The van der Waals surface area contributed by atoms with E-state index in [1.165, 1.54) is 71.2 Å². The highest BCUT2D eigenvalue weighted by atomic mass is 16.5. The molecule has 1 saturated heterocycles. The van der Waals surface area contributed by atoms with Gasteiger partial charge in [-0.05, 0) is 68.7 Å². The minimum Gasteiger partial charge on any atom is -0.496 e. The van der Waals surface area contributed by atoms with E-state index in [-0.39, 0.29) is 0 Å². The standard InChI is InChI=1S/C32H40N6O/c1-39-31-5-3-2-4-25(31)21-32-33-29-13-8-24(20-30(29)34-32)28-14-15-38(35-28)27-11-9-26(10-12-27)37-18-16-36(17-19-37)22-23-6-7-23/h2-5,8,13-15,20,23,26-27H,6-7,9-12,16-19,21-22H2,1H3,(H,33,34). The summed E-state index contributed by atoms with van der Waals surface area (Å²) in [5.74, 6) is 2.84. The normalized spacial score (nSPS) is 22.9. The fraction of sp³-hybridized carbons (Fsp3) is 0.500. The van der Waals surface area contributed by atoms with Crippen molar-refractivity contribution in [3.8, 4) is 17.0 Å². The highest BCUT2D eigenvalue weighted by Gasteiger charge is 2.31. The molecule has 0 bridgehead atoms. The van der Waals surface area contributed by atoms with Gasteiger partial charge in [0.2, 0.25) is 0 Å². The van der Waals surface area contributed by atoms with Crippen LogP contribution in [0.4, 0.5) is 0 Å². The number of fused-ring (bicyclic) bond motifs is 1. The maximum atomic E-state index is 5.52. The van der Waals surface area contributed by atoms with Crippen LogP contribution in [0, 0.1) is 5.92 Å². The van der Waals surface area contributed by atoms with E-state index >= 15 is 0 Å². The molecule has 3 heterocycles. The predicted octanol–water partition coefficient (Wildman–Crippen LogP) is 5.54. The van der Waals surface area contributed by atoms with Gasteiger partial charge >= 0.3 is 0 Å². The molecule has 7 rings (SSSR count). The van der Waals surface area contributed by atoms with E-state index in [1.54, 1.807) is 7.11 Å². The Morgan fingerprint density at radius 3 is 2.49 bits per heavy atom. The van der Waals surface area contributed by atoms with E-state index < -0.39 is 0 Å². The monoisotopic (exact) mass is 524 g/mol. The lowest BCUT2D eigenvalue weighted by Gasteiger charge is -2.42. The van der Waals surface area contributed by atoms with Gasteiger partial charge in [-0.3, -0.25) is 9.58 Å². The van der Waals surface area contributed by atoms with Crippen molar-refractivity contribution in [1.82, 2.24) is 29.5 Å². The van der Waals surface area contributed by atoms with Crippen LogP contribution in [0.25, 0.3) is 22.3 Å². The van der Waals surface area contributed by atoms with Crippen LogP contribution >= 0.6 is 0 Å². The quantitative estimate of drug-likeness (QED) is 0.328. The molecule has 2 saturated carbocycles. The van der Waals surface area contributed by atoms with Crippen LogP contribution in [0.1, 0.15) is 56.0 Å². The molecule has 0 spiro atoms. The number of hydrogen-bond donors (Lipinski definition) is 1. The van der Waals surface area contributed by atoms with Gasteiger partial charge in [-0.25, -0.2) is 4.98 Å². The number of nitrogens with zero attached hydrogens (tertiary/aromatic N) is 5. The number of piperazine rings is 1. The van der Waals surface area contributed by atoms with E-state index in [0.29, 0.717) is 12.5 Å². The van der Waals surface area contributed by atoms with Crippen molar-refractivity contribution in [2.24, 2.45) is 5.92 Å². The van der Waals surface area contributed by atoms with Gasteiger partial charge in [-0.15, -0.1) is 0 Å². The Morgan fingerprint density at radius 2 is 1.69 bits per heavy atom. The SMILES string of the molecule is COc1ccccc1Cc1nc2ccc(-c3ccn(C4CCC(N5CCN(CC6CC6)CC5)CC4)n3)cc2[nH]1. The first-order valence-corrected chi connectivity index (χ1v) is 14.8. The number of imidazole rings is 1. The van der Waals surface area contributed by atoms with Crippen LogP contribution in [0.15, 0.2) is 54.7 Å². The smallest absolute Gasteiger partial charge is 0.122 e. The average Bonchev–Trinajstić information content (AvgIpc) is 3.49. The number of benzene rings is 2. The minimum atomic E-state index is 0.509. The van der Waals surface area contributed by atoms with Crippen LogP contribution in [-0.4, -0.2) is 75.4 Å². The Morgan fingerprint density at radius 1 is 0.897 bits per heavy atom. The van der Waals surface area contributed by atoms with Crippen molar-refractivity contribution in [3.05, 3.63) is 66.1 Å². The number of nitrogens with one attached hydrogen (secondary N) is 1. The molecule has 4 aromatic rings. The third-order valence-electron chi connectivity index (χ3n) is 9.16. The Bertz CT molecular complexity index is 1410. The minimum absolute atomic E-state index is 0.509. The molecule has 0 radical (unpaired) electrons. The first-order chi connectivity index (χ1) is 19.2. The van der Waals surface area contributed by atoms with Gasteiger partial charge in [-0.1, -0.05) is 24.3 Å². The van der Waals surface area contributed by atoms with E-state index in [4.69, 9.17) is 14.8 Å². The maximum absolute atomic E-state index is 5.52. The summed E-state index contributed by atoms with van der Waals surface area (Å²) >= 11 is 0. The fourth-order valence-electron chi connectivity index (χ4n) is 6.69. The maximum Gasteiger partial charge on any atom is 0.122 e. The average molecular weight is 525 g/mol. The number of para-hydroxylation sites is 1. The molecule has 7 nitrogen and oxygen atoms in total. The number of rotatable bonds is 8. The van der Waals surface area contributed by atoms with Crippen molar-refractivity contribution < 1.29 is 4.74 Å². The summed E-state index contributed by atoms with van der Waals surface area (Å²) in [6, 6.07) is 18.0. The zero-order valence-electron chi connectivity index (χ0n) is 23.1. The molecule has 2 aliphatic carbocycles. The molecule has 2 aromatic carbocycles. The summed E-state index contributed by atoms with van der Waals surface area (Å²) in [6.07, 6.45) is 10.8. The van der Waals surface area contributed by atoms with Crippen molar-refractivity contribution in [1.29, 1.82) is 0 Å². The fourth-order valence-corrected chi connectivity index (χ4v) is 6.69. The molecule has 0 amide bonds. The van der Waals surface area contributed by atoms with Crippen molar-refractivity contribution in [2.75, 3.05) is 39.8 Å². The highest BCUT2D eigenvalue weighted by Crippen LogP contribution is 2.34. The molecule has 204 valence electrons. The Hall–Kier alpha value is -3.16. The lowest BCUT2D eigenvalue weighted by atomic mass is 9.90. The summed E-state index contributed by atoms with van der Waals surface area (Å²) in [7, 11) is 1.71. The first kappa shape index (κ1) is 24.9. The molecular formula is C32H40N6O. The summed E-state index contributed by atoms with van der Waals surface area (Å²) < 4.78 is 7.74. The number of ether oxygens (including phenoxy) is 1. The van der Waals surface area contributed by atoms with Crippen LogP contribution in [0.2, 0.25) is 0 Å². The van der Waals surface area contributed by atoms with E-state index in [1.807, 2.05) is 18.2 Å². The van der Waals surface area contributed by atoms with Crippen molar-refractivity contribution >= 4 is 11.0 Å². The molecule has 0 atom stereocenters. The second-order valence-corrected chi connectivity index (χ2v) is 11.8. The van der Waals surface area contributed by atoms with Gasteiger partial charge in [0.25, 0.3) is 0 Å². The zero-order valence-corrected chi connectivity index (χ0v) is 23.1. The van der Waals surface area contributed by atoms with Crippen LogP contribution < -0.4 is 4.74 Å². The molecule has 0 unspecified atom stereocenters. The number of methoxy groups -OCH3 is 1. The second kappa shape index (κ2) is 10.8. The Balaban J connectivity index is 0.971. The molecule has 1 N–H and O–H groups in total. The van der Waals surface area contributed by atoms with Gasteiger partial charge in [0, 0.05) is 62.5 Å². The number of aromatic amines is 1. The molecule has 39 heavy (non-hydrogen) atoms. The molecular weight excluding hydrogens is 484 g/mol. The van der Waals surface area contributed by atoms with E-state index in [9.17, 15) is 0 Å². The van der Waals surface area contributed by atoms with Crippen LogP contribution in [0.3, 0.4) is 0 Å². The van der Waals surface area contributed by atoms with Crippen LogP contribution in [-0.2, 0) is 6.42 Å². The zero-order chi connectivity index (χ0) is 26.2. The second-order valence-electron chi connectivity index (χ2n) is 11.8. The summed E-state index contributed by atoms with van der Waals surface area (Å²) in [6.45, 7) is 6.39. The van der Waals surface area contributed by atoms with Gasteiger partial charge < -0.3 is 14.6 Å². The van der Waals surface area contributed by atoms with Crippen LogP contribution in [0.5, 0.6) is 5.75 Å². The topological polar surface area (TPSA) is 62.2 Å². The van der Waals surface area contributed by atoms with E-state index in [0.717, 1.165) is 51.4 Å². The summed E-state index contributed by atoms with van der Waals surface area (Å²) in [5.41, 5.74) is 5.32. The first-order valence-electron chi connectivity index (χ1n) is 14.8. The highest BCUT2D eigenvalue weighted by molar-refractivity contribution is 5.81. The molecule has 2 aromatic heterocycles. The third-order valence-corrected chi connectivity index (χ3v) is 9.16. The van der Waals surface area contributed by atoms with Gasteiger partial charge in [0.05, 0.1) is 29.9 Å². The third kappa shape index (κ3) is 5.48. The number of H-pyrrole nitrogens is 1. The molecule has 1 aliphatic heterocycles. The van der Waals surface area contributed by atoms with Gasteiger partial charge in [-0.2, -0.15) is 5.10 Å². The van der Waals surface area contributed by atoms with Gasteiger partial charge in [0.1, 0.15) is 11.6 Å². The molecule has 7 heteroatoms. The van der Waals surface area contributed by atoms with Crippen molar-refractivity contribution in [3.63, 3.8) is 0 Å². The van der Waals surface area contributed by atoms with Crippen molar-refractivity contribution in [2.45, 2.75) is 57.0 Å². The summed E-state index contributed by atoms with van der Waals surface area (Å²) in [4.78, 5) is 13.8. The Labute approximate surface area is 231 Å². The predicted molar refractivity (Wildman–Crippen MR) is 155 cm³/mol.